The highest BCUT2D eigenvalue weighted by atomic mass is 32.2. The van der Waals surface area contributed by atoms with Gasteiger partial charge in [0.2, 0.25) is 23.2 Å². The molecule has 2 heterocycles. The van der Waals surface area contributed by atoms with E-state index in [1.54, 1.807) is 4.90 Å². The van der Waals surface area contributed by atoms with E-state index in [0.29, 0.717) is 34.8 Å². The zero-order valence-electron chi connectivity index (χ0n) is 19.9. The molecule has 35 heavy (non-hydrogen) atoms. The van der Waals surface area contributed by atoms with Crippen LogP contribution < -0.4 is 14.4 Å². The zero-order valence-corrected chi connectivity index (χ0v) is 20.7. The summed E-state index contributed by atoms with van der Waals surface area (Å²) in [4.78, 5) is 19.5. The van der Waals surface area contributed by atoms with Gasteiger partial charge in [0.25, 0.3) is 0 Å². The van der Waals surface area contributed by atoms with Crippen LogP contribution in [0.2, 0.25) is 0 Å². The fourth-order valence-electron chi connectivity index (χ4n) is 4.31. The van der Waals surface area contributed by atoms with Crippen LogP contribution in [0, 0.1) is 0 Å². The maximum Gasteiger partial charge on any atom is 0.247 e. The molecule has 1 aliphatic rings. The Morgan fingerprint density at radius 3 is 2.69 bits per heavy atom. The van der Waals surface area contributed by atoms with Gasteiger partial charge in [-0.15, -0.1) is 10.2 Å². The van der Waals surface area contributed by atoms with E-state index in [0.717, 1.165) is 34.7 Å². The Labute approximate surface area is 208 Å². The highest BCUT2D eigenvalue weighted by Gasteiger charge is 2.37. The van der Waals surface area contributed by atoms with Crippen LogP contribution in [0.5, 0.6) is 11.6 Å². The van der Waals surface area contributed by atoms with E-state index in [1.807, 2.05) is 66.9 Å². The standard InChI is InChI=1S/C27H26N4O3S/c1-4-5-16-33-22-15-14-18-10-6-7-11-19(18)23(22)26-31(17(2)32)21-13-9-8-12-20(21)24-25(34-26)28-27(35-3)30-29-24/h6-15,26H,4-5,16H2,1-3H3. The molecule has 0 aliphatic carbocycles. The van der Waals surface area contributed by atoms with Gasteiger partial charge < -0.3 is 9.47 Å². The molecular weight excluding hydrogens is 460 g/mol. The maximum absolute atomic E-state index is 13.2. The first kappa shape index (κ1) is 23.1. The summed E-state index contributed by atoms with van der Waals surface area (Å²) >= 11 is 1.38. The molecule has 0 saturated heterocycles. The van der Waals surface area contributed by atoms with E-state index in [-0.39, 0.29) is 5.91 Å². The molecule has 0 N–H and O–H groups in total. The van der Waals surface area contributed by atoms with Crippen molar-refractivity contribution in [3.05, 3.63) is 66.2 Å². The van der Waals surface area contributed by atoms with Crippen molar-refractivity contribution in [1.82, 2.24) is 15.2 Å². The predicted octanol–water partition coefficient (Wildman–Crippen LogP) is 6.04. The quantitative estimate of drug-likeness (QED) is 0.243. The van der Waals surface area contributed by atoms with E-state index in [1.165, 1.54) is 18.7 Å². The summed E-state index contributed by atoms with van der Waals surface area (Å²) in [5.41, 5.74) is 2.70. The van der Waals surface area contributed by atoms with Crippen molar-refractivity contribution in [3.63, 3.8) is 0 Å². The molecule has 1 amide bonds. The fourth-order valence-corrected chi connectivity index (χ4v) is 4.61. The lowest BCUT2D eigenvalue weighted by atomic mass is 10.0. The second-order valence-corrected chi connectivity index (χ2v) is 9.00. The van der Waals surface area contributed by atoms with Gasteiger partial charge in [-0.25, -0.2) is 0 Å². The van der Waals surface area contributed by atoms with Crippen LogP contribution >= 0.6 is 11.8 Å². The molecule has 1 atom stereocenters. The number of rotatable bonds is 6. The first-order valence-corrected chi connectivity index (χ1v) is 12.8. The SMILES string of the molecule is CCCCOc1ccc2ccccc2c1C1Oc2nc(SC)nnc2-c2ccccc2N1C(C)=O. The Balaban J connectivity index is 1.79. The van der Waals surface area contributed by atoms with Gasteiger partial charge in [0, 0.05) is 12.5 Å². The number of amides is 1. The predicted molar refractivity (Wildman–Crippen MR) is 138 cm³/mol. The van der Waals surface area contributed by atoms with Crippen LogP contribution in [0.25, 0.3) is 22.0 Å². The van der Waals surface area contributed by atoms with Crippen molar-refractivity contribution in [2.75, 3.05) is 17.8 Å². The third kappa shape index (κ3) is 4.30. The summed E-state index contributed by atoms with van der Waals surface area (Å²) < 4.78 is 12.9. The van der Waals surface area contributed by atoms with Crippen molar-refractivity contribution < 1.29 is 14.3 Å². The molecule has 0 radical (unpaired) electrons. The molecule has 0 fully saturated rings. The second-order valence-electron chi connectivity index (χ2n) is 8.23. The summed E-state index contributed by atoms with van der Waals surface area (Å²) in [5.74, 6) is 0.847. The van der Waals surface area contributed by atoms with Crippen LogP contribution in [-0.2, 0) is 4.79 Å². The van der Waals surface area contributed by atoms with Crippen LogP contribution in [0.15, 0.2) is 65.8 Å². The van der Waals surface area contributed by atoms with Gasteiger partial charge >= 0.3 is 0 Å². The number of benzene rings is 3. The topological polar surface area (TPSA) is 77.4 Å². The Morgan fingerprint density at radius 2 is 1.89 bits per heavy atom. The van der Waals surface area contributed by atoms with Crippen LogP contribution in [0.4, 0.5) is 5.69 Å². The van der Waals surface area contributed by atoms with Gasteiger partial charge in [0.15, 0.2) is 5.69 Å². The molecule has 0 bridgehead atoms. The Morgan fingerprint density at radius 1 is 1.09 bits per heavy atom. The summed E-state index contributed by atoms with van der Waals surface area (Å²) in [7, 11) is 0. The molecule has 1 aliphatic heterocycles. The molecule has 1 unspecified atom stereocenters. The number of nitrogens with zero attached hydrogens (tertiary/aromatic N) is 4. The highest BCUT2D eigenvalue weighted by Crippen LogP contribution is 2.46. The number of anilines is 1. The largest absolute Gasteiger partial charge is 0.493 e. The van der Waals surface area contributed by atoms with Crippen molar-refractivity contribution in [1.29, 1.82) is 0 Å². The molecule has 5 rings (SSSR count). The Hall–Kier alpha value is -3.65. The van der Waals surface area contributed by atoms with Gasteiger partial charge in [-0.2, -0.15) is 4.98 Å². The van der Waals surface area contributed by atoms with E-state index in [2.05, 4.69) is 22.1 Å². The van der Waals surface area contributed by atoms with E-state index < -0.39 is 6.23 Å². The molecule has 8 heteroatoms. The number of ether oxygens (including phenoxy) is 2. The lowest BCUT2D eigenvalue weighted by molar-refractivity contribution is -0.118. The number of fused-ring (bicyclic) bond motifs is 4. The molecule has 3 aromatic carbocycles. The van der Waals surface area contributed by atoms with Gasteiger partial charge in [0.1, 0.15) is 5.75 Å². The molecule has 1 aromatic heterocycles. The van der Waals surface area contributed by atoms with Crippen LogP contribution in [0.3, 0.4) is 0 Å². The second kappa shape index (κ2) is 9.92. The highest BCUT2D eigenvalue weighted by molar-refractivity contribution is 7.98. The van der Waals surface area contributed by atoms with Crippen molar-refractivity contribution >= 4 is 34.1 Å². The average Bonchev–Trinajstić information content (AvgIpc) is 3.02. The first-order chi connectivity index (χ1) is 17.1. The van der Waals surface area contributed by atoms with Gasteiger partial charge in [0.05, 0.1) is 17.9 Å². The van der Waals surface area contributed by atoms with E-state index >= 15 is 0 Å². The van der Waals surface area contributed by atoms with Crippen molar-refractivity contribution in [2.24, 2.45) is 0 Å². The Bertz CT molecular complexity index is 1390. The lowest BCUT2D eigenvalue weighted by Crippen LogP contribution is -2.36. The molecule has 4 aromatic rings. The monoisotopic (exact) mass is 486 g/mol. The molecular formula is C27H26N4O3S. The minimum absolute atomic E-state index is 0.166. The van der Waals surface area contributed by atoms with Crippen molar-refractivity contribution in [2.45, 2.75) is 38.1 Å². The smallest absolute Gasteiger partial charge is 0.247 e. The van der Waals surface area contributed by atoms with Crippen LogP contribution in [0.1, 0.15) is 38.5 Å². The average molecular weight is 487 g/mol. The number of thioether (sulfide) groups is 1. The number of unbranched alkanes of at least 4 members (excludes halogenated alkanes) is 1. The lowest BCUT2D eigenvalue weighted by Gasteiger charge is -2.31. The van der Waals surface area contributed by atoms with Gasteiger partial charge in [-0.3, -0.25) is 9.69 Å². The molecule has 7 nitrogen and oxygen atoms in total. The fraction of sp³-hybridized carbons (Fsp3) is 0.259. The van der Waals surface area contributed by atoms with E-state index in [9.17, 15) is 4.79 Å². The minimum Gasteiger partial charge on any atom is -0.493 e. The summed E-state index contributed by atoms with van der Waals surface area (Å²) in [6, 6.07) is 19.6. The summed E-state index contributed by atoms with van der Waals surface area (Å²) in [6.07, 6.45) is 3.01. The molecule has 0 saturated carbocycles. The number of carbonyl (C=O) groups is 1. The maximum atomic E-state index is 13.2. The van der Waals surface area contributed by atoms with E-state index in [4.69, 9.17) is 9.47 Å². The third-order valence-electron chi connectivity index (χ3n) is 5.97. The summed E-state index contributed by atoms with van der Waals surface area (Å²) in [6.45, 7) is 4.24. The van der Waals surface area contributed by atoms with Gasteiger partial charge in [-0.05, 0) is 35.6 Å². The number of hydrogen-bond acceptors (Lipinski definition) is 7. The molecule has 178 valence electrons. The Kier molecular flexibility index (Phi) is 6.55. The molecule has 0 spiro atoms. The number of carbonyl (C=O) groups excluding carboxylic acids is 1. The number of para-hydroxylation sites is 1. The third-order valence-corrected chi connectivity index (χ3v) is 6.50. The van der Waals surface area contributed by atoms with Crippen molar-refractivity contribution in [3.8, 4) is 22.9 Å². The normalized spacial score (nSPS) is 14.6. The number of aromatic nitrogens is 3. The zero-order chi connectivity index (χ0) is 24.4. The van der Waals surface area contributed by atoms with Gasteiger partial charge in [-0.1, -0.05) is 73.6 Å². The minimum atomic E-state index is -0.816. The summed E-state index contributed by atoms with van der Waals surface area (Å²) in [5, 5.41) is 11.1. The first-order valence-electron chi connectivity index (χ1n) is 11.6. The van der Waals surface area contributed by atoms with Crippen LogP contribution in [-0.4, -0.2) is 34.0 Å². The number of hydrogen-bond donors (Lipinski definition) is 0.